The molecule has 102 valence electrons. The summed E-state index contributed by atoms with van der Waals surface area (Å²) in [5.74, 6) is 0.177. The van der Waals surface area contributed by atoms with Gasteiger partial charge in [-0.3, -0.25) is 20.3 Å². The Kier molecular flexibility index (Phi) is 2.63. The maximum absolute atomic E-state index is 12.0. The molecule has 0 saturated heterocycles. The average molecular weight is 274 g/mol. The molecule has 0 aliphatic carbocycles. The average Bonchev–Trinajstić information content (AvgIpc) is 2.79. The number of aromatic amines is 1. The SMILES string of the molecule is Nc1n[nH]c2cc(=O)n(-c3cccc(N(O)O)c3)nc12. The molecule has 0 aliphatic rings. The number of aromatic nitrogens is 4. The smallest absolute Gasteiger partial charge is 0.273 e. The number of hydrogen-bond donors (Lipinski definition) is 4. The summed E-state index contributed by atoms with van der Waals surface area (Å²) in [6.07, 6.45) is 0. The second kappa shape index (κ2) is 4.33. The molecule has 9 nitrogen and oxygen atoms in total. The van der Waals surface area contributed by atoms with Crippen molar-refractivity contribution in [3.8, 4) is 5.69 Å². The van der Waals surface area contributed by atoms with E-state index in [9.17, 15) is 4.79 Å². The van der Waals surface area contributed by atoms with Gasteiger partial charge in [-0.15, -0.1) is 5.23 Å². The molecule has 0 unspecified atom stereocenters. The second-order valence-electron chi connectivity index (χ2n) is 4.07. The second-order valence-corrected chi connectivity index (χ2v) is 4.07. The Morgan fingerprint density at radius 3 is 2.85 bits per heavy atom. The standard InChI is InChI=1S/C11H10N6O3/c12-11-10-8(13-14-11)5-9(18)16(15-10)6-2-1-3-7(4-6)17(19)20/h1-5,13,19-20H,(H2,12,14). The van der Waals surface area contributed by atoms with Gasteiger partial charge in [-0.2, -0.15) is 14.9 Å². The van der Waals surface area contributed by atoms with Crippen LogP contribution in [0.1, 0.15) is 0 Å². The van der Waals surface area contributed by atoms with E-state index in [-0.39, 0.29) is 16.7 Å². The number of nitrogens with zero attached hydrogens (tertiary/aromatic N) is 4. The Labute approximate surface area is 111 Å². The van der Waals surface area contributed by atoms with E-state index in [1.54, 1.807) is 12.1 Å². The van der Waals surface area contributed by atoms with Crippen molar-refractivity contribution >= 4 is 22.5 Å². The van der Waals surface area contributed by atoms with Gasteiger partial charge in [0.05, 0.1) is 16.9 Å². The molecule has 0 radical (unpaired) electrons. The minimum Gasteiger partial charge on any atom is -0.380 e. The molecule has 0 spiro atoms. The summed E-state index contributed by atoms with van der Waals surface area (Å²) in [5.41, 5.74) is 6.50. The molecular formula is C11H10N6O3. The molecule has 0 bridgehead atoms. The van der Waals surface area contributed by atoms with Gasteiger partial charge < -0.3 is 5.73 Å². The van der Waals surface area contributed by atoms with Crippen LogP contribution >= 0.6 is 0 Å². The van der Waals surface area contributed by atoms with E-state index in [0.29, 0.717) is 16.7 Å². The van der Waals surface area contributed by atoms with Crippen molar-refractivity contribution in [2.45, 2.75) is 0 Å². The number of nitrogen functional groups attached to an aromatic ring is 1. The number of H-pyrrole nitrogens is 1. The van der Waals surface area contributed by atoms with Crippen molar-refractivity contribution in [1.29, 1.82) is 0 Å². The van der Waals surface area contributed by atoms with E-state index in [4.69, 9.17) is 16.1 Å². The molecule has 9 heteroatoms. The van der Waals surface area contributed by atoms with Crippen LogP contribution in [0.2, 0.25) is 0 Å². The van der Waals surface area contributed by atoms with Gasteiger partial charge in [0.1, 0.15) is 0 Å². The van der Waals surface area contributed by atoms with Gasteiger partial charge >= 0.3 is 0 Å². The topological polar surface area (TPSA) is 133 Å². The predicted octanol–water partition coefficient (Wildman–Crippen LogP) is 0.276. The van der Waals surface area contributed by atoms with E-state index in [1.165, 1.54) is 18.2 Å². The van der Waals surface area contributed by atoms with Crippen LogP contribution in [0, 0.1) is 0 Å². The normalized spacial score (nSPS) is 10.9. The molecule has 20 heavy (non-hydrogen) atoms. The van der Waals surface area contributed by atoms with Crippen LogP contribution in [-0.4, -0.2) is 30.4 Å². The maximum atomic E-state index is 12.0. The first-order valence-electron chi connectivity index (χ1n) is 5.58. The first-order valence-corrected chi connectivity index (χ1v) is 5.58. The highest BCUT2D eigenvalue weighted by Gasteiger charge is 2.10. The summed E-state index contributed by atoms with van der Waals surface area (Å²) in [6.45, 7) is 0. The molecule has 0 saturated carbocycles. The zero-order valence-electron chi connectivity index (χ0n) is 10.1. The predicted molar refractivity (Wildman–Crippen MR) is 70.0 cm³/mol. The Bertz CT molecular complexity index is 838. The quantitative estimate of drug-likeness (QED) is 0.493. The van der Waals surface area contributed by atoms with Gasteiger partial charge in [0.15, 0.2) is 11.3 Å². The lowest BCUT2D eigenvalue weighted by Crippen LogP contribution is -2.20. The number of anilines is 2. The number of hydrogen-bond acceptors (Lipinski definition) is 7. The summed E-state index contributed by atoms with van der Waals surface area (Å²) in [6, 6.07) is 7.31. The van der Waals surface area contributed by atoms with Crippen LogP contribution < -0.4 is 16.5 Å². The van der Waals surface area contributed by atoms with Crippen molar-refractivity contribution < 1.29 is 10.4 Å². The third-order valence-electron chi connectivity index (χ3n) is 2.78. The first kappa shape index (κ1) is 12.1. The number of benzene rings is 1. The molecule has 3 rings (SSSR count). The molecule has 2 aromatic heterocycles. The fourth-order valence-electron chi connectivity index (χ4n) is 1.84. The fraction of sp³-hybridized carbons (Fsp3) is 0. The van der Waals surface area contributed by atoms with Crippen LogP contribution in [0.4, 0.5) is 11.5 Å². The zero-order chi connectivity index (χ0) is 14.3. The van der Waals surface area contributed by atoms with Crippen molar-refractivity contribution in [1.82, 2.24) is 20.0 Å². The number of fused-ring (bicyclic) bond motifs is 1. The number of rotatable bonds is 2. The van der Waals surface area contributed by atoms with E-state index in [1.807, 2.05) is 0 Å². The Morgan fingerprint density at radius 2 is 2.10 bits per heavy atom. The Morgan fingerprint density at radius 1 is 1.30 bits per heavy atom. The molecule has 0 fully saturated rings. The lowest BCUT2D eigenvalue weighted by Gasteiger charge is -2.10. The lowest BCUT2D eigenvalue weighted by atomic mass is 10.3. The monoisotopic (exact) mass is 274 g/mol. The van der Waals surface area contributed by atoms with E-state index < -0.39 is 5.56 Å². The number of nitrogens with two attached hydrogens (primary N) is 1. The van der Waals surface area contributed by atoms with Crippen LogP contribution in [-0.2, 0) is 0 Å². The summed E-state index contributed by atoms with van der Waals surface area (Å²) in [7, 11) is 0. The molecule has 0 amide bonds. The largest absolute Gasteiger partial charge is 0.380 e. The fourth-order valence-corrected chi connectivity index (χ4v) is 1.84. The highest BCUT2D eigenvalue weighted by atomic mass is 16.8. The molecule has 0 aliphatic heterocycles. The highest BCUT2D eigenvalue weighted by molar-refractivity contribution is 5.83. The lowest BCUT2D eigenvalue weighted by molar-refractivity contribution is 0.0291. The van der Waals surface area contributed by atoms with Gasteiger partial charge in [-0.1, -0.05) is 6.07 Å². The molecule has 5 N–H and O–H groups in total. The molecule has 3 aromatic rings. The van der Waals surface area contributed by atoms with Crippen molar-refractivity contribution in [2.24, 2.45) is 0 Å². The number of nitrogens with one attached hydrogen (secondary N) is 1. The molecule has 0 atom stereocenters. The summed E-state index contributed by atoms with van der Waals surface area (Å²) in [5, 5.41) is 28.4. The molecule has 2 heterocycles. The van der Waals surface area contributed by atoms with E-state index in [0.717, 1.165) is 4.68 Å². The highest BCUT2D eigenvalue weighted by Crippen LogP contribution is 2.17. The third-order valence-corrected chi connectivity index (χ3v) is 2.78. The third kappa shape index (κ3) is 1.86. The zero-order valence-corrected chi connectivity index (χ0v) is 10.1. The molecular weight excluding hydrogens is 264 g/mol. The minimum atomic E-state index is -0.402. The van der Waals surface area contributed by atoms with Crippen molar-refractivity contribution in [3.05, 3.63) is 40.7 Å². The van der Waals surface area contributed by atoms with E-state index >= 15 is 0 Å². The van der Waals surface area contributed by atoms with Crippen molar-refractivity contribution in [3.63, 3.8) is 0 Å². The van der Waals surface area contributed by atoms with Crippen LogP contribution in [0.15, 0.2) is 35.1 Å². The first-order chi connectivity index (χ1) is 9.56. The summed E-state index contributed by atoms with van der Waals surface area (Å²) in [4.78, 5) is 12.0. The van der Waals surface area contributed by atoms with Crippen molar-refractivity contribution in [2.75, 3.05) is 11.0 Å². The van der Waals surface area contributed by atoms with Crippen LogP contribution in [0.5, 0.6) is 0 Å². The van der Waals surface area contributed by atoms with Gasteiger partial charge in [0.2, 0.25) is 0 Å². The van der Waals surface area contributed by atoms with Crippen LogP contribution in [0.25, 0.3) is 16.7 Å². The van der Waals surface area contributed by atoms with Gasteiger partial charge in [-0.05, 0) is 18.2 Å². The molecule has 1 aromatic carbocycles. The summed E-state index contributed by atoms with van der Waals surface area (Å²) >= 11 is 0. The van der Waals surface area contributed by atoms with Gasteiger partial charge in [-0.25, -0.2) is 0 Å². The minimum absolute atomic E-state index is 0.0424. The Balaban J connectivity index is 2.23. The maximum Gasteiger partial charge on any atom is 0.273 e. The van der Waals surface area contributed by atoms with E-state index in [2.05, 4.69) is 15.3 Å². The Hall–Kier alpha value is -2.91. The van der Waals surface area contributed by atoms with Gasteiger partial charge in [0, 0.05) is 6.07 Å². The van der Waals surface area contributed by atoms with Crippen LogP contribution in [0.3, 0.4) is 0 Å². The summed E-state index contributed by atoms with van der Waals surface area (Å²) < 4.78 is 1.10. The van der Waals surface area contributed by atoms with Gasteiger partial charge in [0.25, 0.3) is 5.56 Å².